The van der Waals surface area contributed by atoms with E-state index in [1.54, 1.807) is 30.3 Å². The number of hydrogen-bond donors (Lipinski definition) is 1. The first kappa shape index (κ1) is 10.4. The van der Waals surface area contributed by atoms with Crippen molar-refractivity contribution in [2.45, 2.75) is 0 Å². The Morgan fingerprint density at radius 3 is 2.50 bits per heavy atom. The fourth-order valence-corrected chi connectivity index (χ4v) is 1.60. The van der Waals surface area contributed by atoms with Crippen LogP contribution in [0.4, 0.5) is 4.39 Å². The van der Waals surface area contributed by atoms with Crippen LogP contribution in [-0.2, 0) is 4.79 Å². The van der Waals surface area contributed by atoms with E-state index in [4.69, 9.17) is 5.73 Å². The van der Waals surface area contributed by atoms with Gasteiger partial charge in [0.25, 0.3) is 0 Å². The van der Waals surface area contributed by atoms with Crippen molar-refractivity contribution in [3.05, 3.63) is 53.9 Å². The summed E-state index contributed by atoms with van der Waals surface area (Å²) in [5.74, 6) is -0.791. The Morgan fingerprint density at radius 1 is 1.12 bits per heavy atom. The van der Waals surface area contributed by atoms with E-state index >= 15 is 0 Å². The van der Waals surface area contributed by atoms with Gasteiger partial charge in [0.05, 0.1) is 0 Å². The summed E-state index contributed by atoms with van der Waals surface area (Å²) >= 11 is 0. The molecular weight excluding hydrogens is 205 g/mol. The molecule has 0 unspecified atom stereocenters. The lowest BCUT2D eigenvalue weighted by atomic mass is 10.0. The van der Waals surface area contributed by atoms with Crippen LogP contribution < -0.4 is 5.73 Å². The molecule has 3 heteroatoms. The zero-order valence-corrected chi connectivity index (χ0v) is 8.48. The largest absolute Gasteiger partial charge is 0.366 e. The minimum Gasteiger partial charge on any atom is -0.366 e. The molecule has 0 spiro atoms. The molecule has 0 aromatic heterocycles. The fourth-order valence-electron chi connectivity index (χ4n) is 1.60. The summed E-state index contributed by atoms with van der Waals surface area (Å²) < 4.78 is 13.4. The molecule has 0 bridgehead atoms. The number of carbonyl (C=O) groups excluding carboxylic acids is 1. The number of primary amides is 1. The quantitative estimate of drug-likeness (QED) is 0.768. The zero-order valence-electron chi connectivity index (χ0n) is 8.48. The predicted molar refractivity (Wildman–Crippen MR) is 62.1 cm³/mol. The van der Waals surface area contributed by atoms with Crippen molar-refractivity contribution in [1.82, 2.24) is 0 Å². The summed E-state index contributed by atoms with van der Waals surface area (Å²) in [6.07, 6.45) is 2.85. The second kappa shape index (κ2) is 4.14. The van der Waals surface area contributed by atoms with Crippen LogP contribution in [0, 0.1) is 5.82 Å². The molecule has 0 saturated carbocycles. The van der Waals surface area contributed by atoms with Crippen molar-refractivity contribution in [1.29, 1.82) is 0 Å². The molecule has 0 saturated heterocycles. The van der Waals surface area contributed by atoms with Crippen molar-refractivity contribution in [3.63, 3.8) is 0 Å². The van der Waals surface area contributed by atoms with Crippen LogP contribution in [0.3, 0.4) is 0 Å². The second-order valence-electron chi connectivity index (χ2n) is 3.42. The average Bonchev–Trinajstić information content (AvgIpc) is 2.28. The lowest BCUT2D eigenvalue weighted by Crippen LogP contribution is -2.05. The molecule has 0 aliphatic rings. The molecule has 0 aliphatic heterocycles. The number of halogens is 1. The molecule has 2 rings (SSSR count). The van der Waals surface area contributed by atoms with Crippen LogP contribution in [0.1, 0.15) is 5.56 Å². The minimum absolute atomic E-state index is 0.271. The van der Waals surface area contributed by atoms with Gasteiger partial charge in [-0.15, -0.1) is 0 Å². The number of carbonyl (C=O) groups is 1. The highest BCUT2D eigenvalue weighted by Crippen LogP contribution is 2.22. The van der Waals surface area contributed by atoms with E-state index in [-0.39, 0.29) is 5.82 Å². The Labute approximate surface area is 92.2 Å². The molecule has 0 aliphatic carbocycles. The molecule has 2 N–H and O–H groups in total. The number of hydrogen-bond acceptors (Lipinski definition) is 1. The van der Waals surface area contributed by atoms with Crippen LogP contribution in [0.25, 0.3) is 16.8 Å². The predicted octanol–water partition coefficient (Wildman–Crippen LogP) is 2.48. The molecule has 0 radical (unpaired) electrons. The van der Waals surface area contributed by atoms with Crippen molar-refractivity contribution in [2.24, 2.45) is 5.73 Å². The summed E-state index contributed by atoms with van der Waals surface area (Å²) in [4.78, 5) is 10.6. The van der Waals surface area contributed by atoms with E-state index < -0.39 is 5.91 Å². The molecule has 0 heterocycles. The summed E-state index contributed by atoms with van der Waals surface area (Å²) in [6, 6.07) is 10.1. The maximum absolute atomic E-state index is 13.4. The van der Waals surface area contributed by atoms with Crippen molar-refractivity contribution in [3.8, 4) is 0 Å². The Morgan fingerprint density at radius 2 is 1.81 bits per heavy atom. The molecule has 2 aromatic carbocycles. The number of amides is 1. The van der Waals surface area contributed by atoms with Gasteiger partial charge in [-0.2, -0.15) is 0 Å². The van der Waals surface area contributed by atoms with Crippen LogP contribution in [0.2, 0.25) is 0 Å². The molecular formula is C13H10FNO. The van der Waals surface area contributed by atoms with E-state index in [9.17, 15) is 9.18 Å². The summed E-state index contributed by atoms with van der Waals surface area (Å²) in [5.41, 5.74) is 5.79. The van der Waals surface area contributed by atoms with Crippen molar-refractivity contribution < 1.29 is 9.18 Å². The van der Waals surface area contributed by atoms with Gasteiger partial charge in [-0.1, -0.05) is 30.3 Å². The van der Waals surface area contributed by atoms with Crippen LogP contribution in [-0.4, -0.2) is 5.91 Å². The molecule has 2 nitrogen and oxygen atoms in total. The monoisotopic (exact) mass is 215 g/mol. The van der Waals surface area contributed by atoms with Gasteiger partial charge in [0.1, 0.15) is 5.82 Å². The highest BCUT2D eigenvalue weighted by atomic mass is 19.1. The third-order valence-electron chi connectivity index (χ3n) is 2.33. The Hall–Kier alpha value is -2.16. The van der Waals surface area contributed by atoms with E-state index in [1.165, 1.54) is 12.1 Å². The van der Waals surface area contributed by atoms with Crippen molar-refractivity contribution in [2.75, 3.05) is 0 Å². The minimum atomic E-state index is -0.520. The Kier molecular flexibility index (Phi) is 2.68. The SMILES string of the molecule is NC(=O)C=Cc1ccc(F)c2ccccc12. The number of rotatable bonds is 2. The normalized spacial score (nSPS) is 11.1. The van der Waals surface area contributed by atoms with Crippen LogP contribution in [0.5, 0.6) is 0 Å². The lowest BCUT2D eigenvalue weighted by molar-refractivity contribution is -0.113. The highest BCUT2D eigenvalue weighted by molar-refractivity contribution is 5.96. The van der Waals surface area contributed by atoms with Gasteiger partial charge in [-0.25, -0.2) is 4.39 Å². The van der Waals surface area contributed by atoms with E-state index in [2.05, 4.69) is 0 Å². The van der Waals surface area contributed by atoms with Crippen LogP contribution >= 0.6 is 0 Å². The summed E-state index contributed by atoms with van der Waals surface area (Å²) in [6.45, 7) is 0. The van der Waals surface area contributed by atoms with Gasteiger partial charge < -0.3 is 5.73 Å². The highest BCUT2D eigenvalue weighted by Gasteiger charge is 2.02. The fraction of sp³-hybridized carbons (Fsp3) is 0. The van der Waals surface area contributed by atoms with E-state index in [1.807, 2.05) is 6.07 Å². The third kappa shape index (κ3) is 1.93. The van der Waals surface area contributed by atoms with Gasteiger partial charge >= 0.3 is 0 Å². The third-order valence-corrected chi connectivity index (χ3v) is 2.33. The maximum atomic E-state index is 13.4. The Bertz CT molecular complexity index is 575. The van der Waals surface area contributed by atoms with E-state index in [0.717, 1.165) is 10.9 Å². The standard InChI is InChI=1S/C13H10FNO/c14-12-7-5-9(6-8-13(15)16)10-3-1-2-4-11(10)12/h1-8H,(H2,15,16). The van der Waals surface area contributed by atoms with Gasteiger partial charge in [0.2, 0.25) is 5.91 Å². The van der Waals surface area contributed by atoms with Gasteiger partial charge in [0, 0.05) is 11.5 Å². The van der Waals surface area contributed by atoms with E-state index in [0.29, 0.717) is 5.39 Å². The molecule has 1 amide bonds. The molecule has 0 atom stereocenters. The van der Waals surface area contributed by atoms with Gasteiger partial charge in [0.15, 0.2) is 0 Å². The van der Waals surface area contributed by atoms with Gasteiger partial charge in [-0.3, -0.25) is 4.79 Å². The number of nitrogens with two attached hydrogens (primary N) is 1. The Balaban J connectivity index is 2.63. The smallest absolute Gasteiger partial charge is 0.241 e. The lowest BCUT2D eigenvalue weighted by Gasteiger charge is -2.02. The van der Waals surface area contributed by atoms with Gasteiger partial charge in [-0.05, 0) is 23.1 Å². The first-order valence-electron chi connectivity index (χ1n) is 4.83. The maximum Gasteiger partial charge on any atom is 0.241 e. The number of benzene rings is 2. The first-order chi connectivity index (χ1) is 7.68. The second-order valence-corrected chi connectivity index (χ2v) is 3.42. The summed E-state index contributed by atoms with van der Waals surface area (Å²) in [5, 5.41) is 1.30. The average molecular weight is 215 g/mol. The molecule has 2 aromatic rings. The molecule has 80 valence electrons. The summed E-state index contributed by atoms with van der Waals surface area (Å²) in [7, 11) is 0. The molecule has 16 heavy (non-hydrogen) atoms. The zero-order chi connectivity index (χ0) is 11.5. The first-order valence-corrected chi connectivity index (χ1v) is 4.83. The van der Waals surface area contributed by atoms with Crippen molar-refractivity contribution >= 4 is 22.8 Å². The molecule has 0 fully saturated rings. The topological polar surface area (TPSA) is 43.1 Å². The number of fused-ring (bicyclic) bond motifs is 1. The van der Waals surface area contributed by atoms with Crippen LogP contribution in [0.15, 0.2) is 42.5 Å².